The van der Waals surface area contributed by atoms with Crippen LogP contribution >= 0.6 is 0 Å². The first kappa shape index (κ1) is 20.0. The van der Waals surface area contributed by atoms with Crippen LogP contribution in [0.15, 0.2) is 36.9 Å². The SMILES string of the molecule is CN(Cc1ncc[nH]1)C(=O)[C@@H]1CCCN(C2CCN(Cc3cccnc3)CC2)C1. The van der Waals surface area contributed by atoms with Gasteiger partial charge in [0.1, 0.15) is 5.82 Å². The Labute approximate surface area is 173 Å². The van der Waals surface area contributed by atoms with E-state index >= 15 is 0 Å². The van der Waals surface area contributed by atoms with E-state index in [9.17, 15) is 4.79 Å². The predicted molar refractivity (Wildman–Crippen MR) is 112 cm³/mol. The molecule has 2 aliphatic heterocycles. The molecule has 7 nitrogen and oxygen atoms in total. The molecule has 0 bridgehead atoms. The van der Waals surface area contributed by atoms with E-state index < -0.39 is 0 Å². The summed E-state index contributed by atoms with van der Waals surface area (Å²) in [4.78, 5) is 31.4. The fraction of sp³-hybridized carbons (Fsp3) is 0.591. The Morgan fingerprint density at radius 1 is 1.24 bits per heavy atom. The highest BCUT2D eigenvalue weighted by molar-refractivity contribution is 5.78. The van der Waals surface area contributed by atoms with Crippen molar-refractivity contribution >= 4 is 5.91 Å². The molecule has 1 atom stereocenters. The summed E-state index contributed by atoms with van der Waals surface area (Å²) in [5.41, 5.74) is 1.29. The van der Waals surface area contributed by atoms with Crippen LogP contribution in [0, 0.1) is 5.92 Å². The Morgan fingerprint density at radius 3 is 2.83 bits per heavy atom. The molecule has 0 radical (unpaired) electrons. The summed E-state index contributed by atoms with van der Waals surface area (Å²) in [6, 6.07) is 4.76. The highest BCUT2D eigenvalue weighted by Crippen LogP contribution is 2.25. The third-order valence-corrected chi connectivity index (χ3v) is 6.32. The summed E-state index contributed by atoms with van der Waals surface area (Å²) < 4.78 is 0. The number of hydrogen-bond acceptors (Lipinski definition) is 5. The number of imidazole rings is 1. The maximum Gasteiger partial charge on any atom is 0.227 e. The molecule has 156 valence electrons. The van der Waals surface area contributed by atoms with Gasteiger partial charge in [0.05, 0.1) is 12.5 Å². The number of likely N-dealkylation sites (tertiary alicyclic amines) is 2. The maximum absolute atomic E-state index is 13.0. The summed E-state index contributed by atoms with van der Waals surface area (Å²) in [5, 5.41) is 0. The van der Waals surface area contributed by atoms with E-state index in [2.05, 4.69) is 30.8 Å². The van der Waals surface area contributed by atoms with Crippen molar-refractivity contribution in [3.8, 4) is 0 Å². The third-order valence-electron chi connectivity index (χ3n) is 6.32. The number of piperidine rings is 2. The fourth-order valence-corrected chi connectivity index (χ4v) is 4.73. The summed E-state index contributed by atoms with van der Waals surface area (Å²) in [7, 11) is 1.89. The molecule has 29 heavy (non-hydrogen) atoms. The van der Waals surface area contributed by atoms with Gasteiger partial charge in [-0.05, 0) is 56.9 Å². The van der Waals surface area contributed by atoms with Crippen LogP contribution < -0.4 is 0 Å². The Bertz CT molecular complexity index is 757. The van der Waals surface area contributed by atoms with Crippen LogP contribution in [0.2, 0.25) is 0 Å². The van der Waals surface area contributed by atoms with Gasteiger partial charge in [-0.15, -0.1) is 0 Å². The van der Waals surface area contributed by atoms with Crippen LogP contribution in [0.3, 0.4) is 0 Å². The molecule has 4 heterocycles. The Morgan fingerprint density at radius 2 is 2.10 bits per heavy atom. The van der Waals surface area contributed by atoms with Gasteiger partial charge in [0.25, 0.3) is 0 Å². The van der Waals surface area contributed by atoms with Crippen LogP contribution in [0.1, 0.15) is 37.1 Å². The molecule has 0 unspecified atom stereocenters. The lowest BCUT2D eigenvalue weighted by atomic mass is 9.93. The zero-order valence-electron chi connectivity index (χ0n) is 17.3. The first-order valence-electron chi connectivity index (χ1n) is 10.8. The monoisotopic (exact) mass is 396 g/mol. The molecule has 2 fully saturated rings. The van der Waals surface area contributed by atoms with Gasteiger partial charge in [-0.2, -0.15) is 0 Å². The number of hydrogen-bond donors (Lipinski definition) is 1. The topological polar surface area (TPSA) is 68.4 Å². The minimum Gasteiger partial charge on any atom is -0.347 e. The second kappa shape index (κ2) is 9.50. The van der Waals surface area contributed by atoms with Crippen molar-refractivity contribution in [2.45, 2.75) is 44.8 Å². The number of nitrogens with one attached hydrogen (secondary N) is 1. The van der Waals surface area contributed by atoms with E-state index in [0.717, 1.165) is 51.4 Å². The van der Waals surface area contributed by atoms with Crippen LogP contribution in [0.4, 0.5) is 0 Å². The average molecular weight is 397 g/mol. The molecule has 1 N–H and O–H groups in total. The summed E-state index contributed by atoms with van der Waals surface area (Å²) >= 11 is 0. The van der Waals surface area contributed by atoms with Gasteiger partial charge in [0, 0.05) is 51.0 Å². The number of amides is 1. The molecule has 2 aromatic heterocycles. The Hall–Kier alpha value is -2.25. The third kappa shape index (κ3) is 5.22. The van der Waals surface area contributed by atoms with Gasteiger partial charge in [-0.25, -0.2) is 4.98 Å². The second-order valence-corrected chi connectivity index (χ2v) is 8.43. The predicted octanol–water partition coefficient (Wildman–Crippen LogP) is 2.14. The van der Waals surface area contributed by atoms with E-state index in [1.165, 1.54) is 18.4 Å². The van der Waals surface area contributed by atoms with Gasteiger partial charge in [0.2, 0.25) is 5.91 Å². The summed E-state index contributed by atoms with van der Waals surface area (Å²) in [5.74, 6) is 1.20. The molecule has 1 amide bonds. The van der Waals surface area contributed by atoms with Gasteiger partial charge in [-0.3, -0.25) is 19.6 Å². The first-order chi connectivity index (χ1) is 14.2. The lowest BCUT2D eigenvalue weighted by molar-refractivity contribution is -0.137. The van der Waals surface area contributed by atoms with E-state index in [1.807, 2.05) is 30.4 Å². The van der Waals surface area contributed by atoms with Crippen LogP contribution in [-0.2, 0) is 17.9 Å². The number of pyridine rings is 1. The minimum atomic E-state index is 0.108. The summed E-state index contributed by atoms with van der Waals surface area (Å²) in [6.07, 6.45) is 11.8. The van der Waals surface area contributed by atoms with Crippen molar-refractivity contribution in [2.24, 2.45) is 5.92 Å². The molecular weight excluding hydrogens is 364 g/mol. The smallest absolute Gasteiger partial charge is 0.227 e. The minimum absolute atomic E-state index is 0.108. The highest BCUT2D eigenvalue weighted by Gasteiger charge is 2.32. The van der Waals surface area contributed by atoms with Crippen molar-refractivity contribution in [2.75, 3.05) is 33.2 Å². The lowest BCUT2D eigenvalue weighted by Gasteiger charge is -2.42. The lowest BCUT2D eigenvalue weighted by Crippen LogP contribution is -2.50. The molecule has 2 saturated heterocycles. The molecule has 0 saturated carbocycles. The van der Waals surface area contributed by atoms with Crippen LogP contribution in [0.5, 0.6) is 0 Å². The number of H-pyrrole nitrogens is 1. The number of rotatable bonds is 6. The number of carbonyl (C=O) groups is 1. The number of nitrogens with zero attached hydrogens (tertiary/aromatic N) is 5. The quantitative estimate of drug-likeness (QED) is 0.810. The van der Waals surface area contributed by atoms with Crippen LogP contribution in [-0.4, -0.2) is 74.8 Å². The Kier molecular flexibility index (Phi) is 6.56. The van der Waals surface area contributed by atoms with Crippen molar-refractivity contribution in [3.63, 3.8) is 0 Å². The van der Waals surface area contributed by atoms with Crippen molar-refractivity contribution in [1.82, 2.24) is 29.7 Å². The van der Waals surface area contributed by atoms with Crippen molar-refractivity contribution in [3.05, 3.63) is 48.3 Å². The largest absolute Gasteiger partial charge is 0.347 e. The molecule has 2 aromatic rings. The first-order valence-corrected chi connectivity index (χ1v) is 10.8. The van der Waals surface area contributed by atoms with Crippen molar-refractivity contribution < 1.29 is 4.79 Å². The number of carbonyl (C=O) groups excluding carboxylic acids is 1. The number of aromatic nitrogens is 3. The molecule has 0 aliphatic carbocycles. The number of aromatic amines is 1. The van der Waals surface area contributed by atoms with E-state index in [0.29, 0.717) is 12.6 Å². The van der Waals surface area contributed by atoms with E-state index in [4.69, 9.17) is 0 Å². The Balaban J connectivity index is 1.26. The fourth-order valence-electron chi connectivity index (χ4n) is 4.73. The molecule has 7 heteroatoms. The van der Waals surface area contributed by atoms with Gasteiger partial charge >= 0.3 is 0 Å². The van der Waals surface area contributed by atoms with E-state index in [1.54, 1.807) is 12.4 Å². The molecular formula is C22H32N6O. The van der Waals surface area contributed by atoms with Gasteiger partial charge in [-0.1, -0.05) is 6.07 Å². The zero-order chi connectivity index (χ0) is 20.1. The molecule has 0 aromatic carbocycles. The second-order valence-electron chi connectivity index (χ2n) is 8.43. The zero-order valence-corrected chi connectivity index (χ0v) is 17.3. The van der Waals surface area contributed by atoms with Gasteiger partial charge < -0.3 is 9.88 Å². The molecule has 4 rings (SSSR count). The van der Waals surface area contributed by atoms with Gasteiger partial charge in [0.15, 0.2) is 0 Å². The average Bonchev–Trinajstić information content (AvgIpc) is 3.27. The summed E-state index contributed by atoms with van der Waals surface area (Å²) in [6.45, 7) is 5.79. The standard InChI is InChI=1S/C22H32N6O/c1-26(17-21-24-9-10-25-21)22(29)19-5-3-11-28(16-19)20-6-12-27(13-7-20)15-18-4-2-8-23-14-18/h2,4,8-10,14,19-20H,3,5-7,11-13,15-17H2,1H3,(H,24,25)/t19-/m1/s1. The maximum atomic E-state index is 13.0. The molecule has 2 aliphatic rings. The molecule has 0 spiro atoms. The highest BCUT2D eigenvalue weighted by atomic mass is 16.2. The van der Waals surface area contributed by atoms with Crippen molar-refractivity contribution in [1.29, 1.82) is 0 Å². The van der Waals surface area contributed by atoms with E-state index in [-0.39, 0.29) is 11.8 Å². The normalized spacial score (nSPS) is 21.9. The van der Waals surface area contributed by atoms with Crippen LogP contribution in [0.25, 0.3) is 0 Å².